The first kappa shape index (κ1) is 17.1. The third-order valence-electron chi connectivity index (χ3n) is 4.69. The molecule has 6 heteroatoms. The van der Waals surface area contributed by atoms with Crippen molar-refractivity contribution in [3.8, 4) is 17.0 Å². The first-order valence-corrected chi connectivity index (χ1v) is 9.63. The summed E-state index contributed by atoms with van der Waals surface area (Å²) in [5.41, 5.74) is 4.63. The second-order valence-electron chi connectivity index (χ2n) is 6.48. The fraction of sp³-hybridized carbons (Fsp3) is 0.300. The molecule has 0 unspecified atom stereocenters. The third kappa shape index (κ3) is 3.93. The van der Waals surface area contributed by atoms with Gasteiger partial charge in [0, 0.05) is 23.5 Å². The lowest BCUT2D eigenvalue weighted by atomic mass is 10.1. The molecule has 2 N–H and O–H groups in total. The molecule has 0 saturated carbocycles. The SMILES string of the molecule is O[C@H](CN[C@H]1CCc2ccccc21)COc1ccc(-c2csnn2)cc1. The number of aryl methyl sites for hydroxylation is 1. The number of ether oxygens (including phenoxy) is 1. The van der Waals surface area contributed by atoms with Gasteiger partial charge in [0.15, 0.2) is 0 Å². The molecule has 26 heavy (non-hydrogen) atoms. The number of fused-ring (bicyclic) bond motifs is 1. The maximum atomic E-state index is 10.2. The molecule has 4 rings (SSSR count). The Kier molecular flexibility index (Phi) is 5.24. The molecule has 1 aromatic heterocycles. The van der Waals surface area contributed by atoms with Crippen LogP contribution in [-0.2, 0) is 6.42 Å². The number of aliphatic hydroxyl groups excluding tert-OH is 1. The molecule has 3 aromatic rings. The van der Waals surface area contributed by atoms with Crippen molar-refractivity contribution in [1.29, 1.82) is 0 Å². The van der Waals surface area contributed by atoms with Crippen molar-refractivity contribution in [1.82, 2.24) is 14.9 Å². The smallest absolute Gasteiger partial charge is 0.119 e. The van der Waals surface area contributed by atoms with Crippen molar-refractivity contribution in [2.45, 2.75) is 25.0 Å². The number of hydrogen-bond donors (Lipinski definition) is 2. The van der Waals surface area contributed by atoms with Crippen LogP contribution in [0.15, 0.2) is 53.9 Å². The minimum atomic E-state index is -0.551. The summed E-state index contributed by atoms with van der Waals surface area (Å²) in [6.07, 6.45) is 1.63. The zero-order valence-corrected chi connectivity index (χ0v) is 15.2. The van der Waals surface area contributed by atoms with E-state index >= 15 is 0 Å². The van der Waals surface area contributed by atoms with Gasteiger partial charge in [-0.3, -0.25) is 0 Å². The quantitative estimate of drug-likeness (QED) is 0.671. The fourth-order valence-corrected chi connectivity index (χ4v) is 3.78. The Balaban J connectivity index is 1.25. The zero-order chi connectivity index (χ0) is 17.8. The first-order valence-electron chi connectivity index (χ1n) is 8.79. The van der Waals surface area contributed by atoms with E-state index in [0.717, 1.165) is 29.8 Å². The molecular formula is C20H21N3O2S. The Labute approximate surface area is 156 Å². The molecule has 2 aromatic carbocycles. The number of aromatic nitrogens is 2. The predicted molar refractivity (Wildman–Crippen MR) is 102 cm³/mol. The average Bonchev–Trinajstić information content (AvgIpc) is 3.35. The second-order valence-corrected chi connectivity index (χ2v) is 7.09. The van der Waals surface area contributed by atoms with Crippen LogP contribution < -0.4 is 10.1 Å². The lowest BCUT2D eigenvalue weighted by Crippen LogP contribution is -2.33. The highest BCUT2D eigenvalue weighted by Crippen LogP contribution is 2.30. The molecule has 0 radical (unpaired) electrons. The minimum absolute atomic E-state index is 0.263. The van der Waals surface area contributed by atoms with E-state index in [4.69, 9.17) is 4.74 Å². The van der Waals surface area contributed by atoms with Crippen LogP contribution in [0, 0.1) is 0 Å². The largest absolute Gasteiger partial charge is 0.491 e. The van der Waals surface area contributed by atoms with E-state index in [-0.39, 0.29) is 6.61 Å². The molecule has 1 aliphatic carbocycles. The van der Waals surface area contributed by atoms with Crippen LogP contribution in [0.2, 0.25) is 0 Å². The van der Waals surface area contributed by atoms with Crippen LogP contribution >= 0.6 is 11.5 Å². The van der Waals surface area contributed by atoms with Crippen LogP contribution in [0.4, 0.5) is 0 Å². The van der Waals surface area contributed by atoms with E-state index in [9.17, 15) is 5.11 Å². The van der Waals surface area contributed by atoms with Gasteiger partial charge >= 0.3 is 0 Å². The highest BCUT2D eigenvalue weighted by atomic mass is 32.1. The standard InChI is InChI=1S/C20H21N3O2S/c24-16(11-21-19-10-7-14-3-1-2-4-18(14)19)12-25-17-8-5-15(6-9-17)20-13-26-23-22-20/h1-6,8-9,13,16,19,21,24H,7,10-12H2/t16-,19+/m1/s1. The summed E-state index contributed by atoms with van der Waals surface area (Å²) in [5.74, 6) is 0.738. The number of nitrogens with zero attached hydrogens (tertiary/aromatic N) is 2. The third-order valence-corrected chi connectivity index (χ3v) is 5.19. The monoisotopic (exact) mass is 367 g/mol. The molecule has 0 fully saturated rings. The molecule has 1 heterocycles. The molecule has 1 aliphatic rings. The number of benzene rings is 2. The van der Waals surface area contributed by atoms with Gasteiger partial charge in [-0.25, -0.2) is 0 Å². The predicted octanol–water partition coefficient (Wildman–Crippen LogP) is 3.22. The zero-order valence-electron chi connectivity index (χ0n) is 14.3. The second kappa shape index (κ2) is 7.95. The Morgan fingerprint density at radius 3 is 2.85 bits per heavy atom. The molecule has 0 bridgehead atoms. The topological polar surface area (TPSA) is 67.3 Å². The van der Waals surface area contributed by atoms with E-state index < -0.39 is 6.10 Å². The lowest BCUT2D eigenvalue weighted by molar-refractivity contribution is 0.103. The molecule has 134 valence electrons. The summed E-state index contributed by atoms with van der Waals surface area (Å²) < 4.78 is 9.57. The molecule has 0 saturated heterocycles. The number of aliphatic hydroxyl groups is 1. The van der Waals surface area contributed by atoms with Gasteiger partial charge in [0.2, 0.25) is 0 Å². The van der Waals surface area contributed by atoms with Crippen molar-refractivity contribution in [2.24, 2.45) is 0 Å². The molecule has 0 spiro atoms. The van der Waals surface area contributed by atoms with Crippen LogP contribution in [0.5, 0.6) is 5.75 Å². The van der Waals surface area contributed by atoms with Crippen LogP contribution in [0.25, 0.3) is 11.3 Å². The van der Waals surface area contributed by atoms with Gasteiger partial charge in [0.05, 0.1) is 0 Å². The maximum Gasteiger partial charge on any atom is 0.119 e. The van der Waals surface area contributed by atoms with Crippen molar-refractivity contribution < 1.29 is 9.84 Å². The Hall–Kier alpha value is -2.28. The summed E-state index contributed by atoms with van der Waals surface area (Å²) in [7, 11) is 0. The first-order chi connectivity index (χ1) is 12.8. The minimum Gasteiger partial charge on any atom is -0.491 e. The van der Waals surface area contributed by atoms with Gasteiger partial charge < -0.3 is 15.2 Å². The summed E-state index contributed by atoms with van der Waals surface area (Å²) in [6, 6.07) is 16.5. The average molecular weight is 367 g/mol. The number of nitrogens with one attached hydrogen (secondary N) is 1. The van der Waals surface area contributed by atoms with Gasteiger partial charge in [-0.2, -0.15) is 0 Å². The van der Waals surface area contributed by atoms with E-state index in [0.29, 0.717) is 12.6 Å². The van der Waals surface area contributed by atoms with Gasteiger partial charge in [-0.1, -0.05) is 28.8 Å². The molecule has 5 nitrogen and oxygen atoms in total. The van der Waals surface area contributed by atoms with Crippen LogP contribution in [-0.4, -0.2) is 33.9 Å². The maximum absolute atomic E-state index is 10.2. The normalized spacial score (nSPS) is 17.0. The van der Waals surface area contributed by atoms with Gasteiger partial charge in [0.1, 0.15) is 24.2 Å². The van der Waals surface area contributed by atoms with Crippen molar-refractivity contribution >= 4 is 11.5 Å². The molecule has 0 aliphatic heterocycles. The van der Waals surface area contributed by atoms with Crippen molar-refractivity contribution in [3.63, 3.8) is 0 Å². The Morgan fingerprint density at radius 2 is 2.04 bits per heavy atom. The van der Waals surface area contributed by atoms with Gasteiger partial charge in [0.25, 0.3) is 0 Å². The van der Waals surface area contributed by atoms with E-state index in [1.807, 2.05) is 29.6 Å². The highest BCUT2D eigenvalue weighted by molar-refractivity contribution is 7.03. The Morgan fingerprint density at radius 1 is 1.19 bits per heavy atom. The molecule has 0 amide bonds. The van der Waals surface area contributed by atoms with Crippen LogP contribution in [0.1, 0.15) is 23.6 Å². The lowest BCUT2D eigenvalue weighted by Gasteiger charge is -2.18. The van der Waals surface area contributed by atoms with Gasteiger partial charge in [-0.05, 0) is 59.8 Å². The Bertz CT molecular complexity index is 837. The van der Waals surface area contributed by atoms with E-state index in [1.165, 1.54) is 22.7 Å². The number of hydrogen-bond acceptors (Lipinski definition) is 6. The van der Waals surface area contributed by atoms with E-state index in [2.05, 4.69) is 39.2 Å². The van der Waals surface area contributed by atoms with Crippen molar-refractivity contribution in [2.75, 3.05) is 13.2 Å². The van der Waals surface area contributed by atoms with E-state index in [1.54, 1.807) is 0 Å². The summed E-state index contributed by atoms with van der Waals surface area (Å²) in [4.78, 5) is 0. The van der Waals surface area contributed by atoms with Gasteiger partial charge in [-0.15, -0.1) is 5.10 Å². The highest BCUT2D eigenvalue weighted by Gasteiger charge is 2.22. The molecular weight excluding hydrogens is 346 g/mol. The van der Waals surface area contributed by atoms with Crippen molar-refractivity contribution in [3.05, 3.63) is 65.0 Å². The summed E-state index contributed by atoms with van der Waals surface area (Å²) >= 11 is 1.33. The molecule has 2 atom stereocenters. The summed E-state index contributed by atoms with van der Waals surface area (Å²) in [5, 5.41) is 19.6. The fourth-order valence-electron chi connectivity index (χ4n) is 3.31. The number of rotatable bonds is 7. The summed E-state index contributed by atoms with van der Waals surface area (Å²) in [6.45, 7) is 0.778. The van der Waals surface area contributed by atoms with Crippen LogP contribution in [0.3, 0.4) is 0 Å².